The Balaban J connectivity index is 2.24. The summed E-state index contributed by atoms with van der Waals surface area (Å²) in [5, 5.41) is 22.1. The third kappa shape index (κ3) is 2.85. The Bertz CT molecular complexity index is 828. The van der Waals surface area contributed by atoms with Gasteiger partial charge in [-0.15, -0.1) is 0 Å². The molecular weight excluding hydrogens is 328 g/mol. The van der Waals surface area contributed by atoms with E-state index in [0.717, 1.165) is 0 Å². The van der Waals surface area contributed by atoms with Gasteiger partial charge in [-0.25, -0.2) is 0 Å². The van der Waals surface area contributed by atoms with Gasteiger partial charge >= 0.3 is 0 Å². The van der Waals surface area contributed by atoms with E-state index in [-0.39, 0.29) is 41.4 Å². The van der Waals surface area contributed by atoms with Crippen LogP contribution in [0.1, 0.15) is 22.3 Å². The highest BCUT2D eigenvalue weighted by atomic mass is 16.7. The zero-order chi connectivity index (χ0) is 18.1. The van der Waals surface area contributed by atoms with Crippen LogP contribution in [-0.2, 0) is 15.9 Å². The Kier molecular flexibility index (Phi) is 4.69. The number of methoxy groups -OCH3 is 3. The molecule has 0 saturated heterocycles. The maximum atomic E-state index is 12.5. The second-order valence-corrected chi connectivity index (χ2v) is 5.83. The predicted octanol–water partition coefficient (Wildman–Crippen LogP) is 2.39. The van der Waals surface area contributed by atoms with E-state index < -0.39 is 6.10 Å². The van der Waals surface area contributed by atoms with E-state index in [1.165, 1.54) is 21.3 Å². The van der Waals surface area contributed by atoms with E-state index >= 15 is 0 Å². The normalized spacial score (nSPS) is 16.8. The molecule has 1 aliphatic rings. The van der Waals surface area contributed by atoms with Gasteiger partial charge in [0, 0.05) is 37.0 Å². The fourth-order valence-corrected chi connectivity index (χ4v) is 3.24. The van der Waals surface area contributed by atoms with Gasteiger partial charge in [0.25, 0.3) is 0 Å². The Morgan fingerprint density at radius 3 is 2.48 bits per heavy atom. The Morgan fingerprint density at radius 2 is 1.84 bits per heavy atom. The molecule has 1 atom stereocenters. The van der Waals surface area contributed by atoms with Crippen LogP contribution < -0.4 is 9.47 Å². The highest BCUT2D eigenvalue weighted by molar-refractivity contribution is 6.11. The fraction of sp³-hybridized carbons (Fsp3) is 0.389. The van der Waals surface area contributed by atoms with E-state index in [0.29, 0.717) is 28.9 Å². The van der Waals surface area contributed by atoms with Crippen molar-refractivity contribution in [2.24, 2.45) is 0 Å². The number of hydrogen-bond acceptors (Lipinski definition) is 7. The van der Waals surface area contributed by atoms with E-state index in [2.05, 4.69) is 0 Å². The van der Waals surface area contributed by atoms with E-state index in [4.69, 9.17) is 18.9 Å². The molecule has 0 aliphatic heterocycles. The molecule has 0 unspecified atom stereocenters. The molecule has 2 aromatic carbocycles. The zero-order valence-corrected chi connectivity index (χ0v) is 14.3. The summed E-state index contributed by atoms with van der Waals surface area (Å²) in [6.07, 6.45) is -0.0256. The van der Waals surface area contributed by atoms with Crippen molar-refractivity contribution in [3.05, 3.63) is 23.3 Å². The van der Waals surface area contributed by atoms with Crippen molar-refractivity contribution in [2.75, 3.05) is 28.1 Å². The minimum Gasteiger partial charge on any atom is -0.507 e. The maximum Gasteiger partial charge on any atom is 0.169 e. The average molecular weight is 348 g/mol. The van der Waals surface area contributed by atoms with Crippen LogP contribution in [0.4, 0.5) is 0 Å². The van der Waals surface area contributed by atoms with Crippen LogP contribution in [0.25, 0.3) is 10.8 Å². The minimum atomic E-state index is -0.421. The third-order valence-electron chi connectivity index (χ3n) is 4.39. The van der Waals surface area contributed by atoms with E-state index in [1.54, 1.807) is 12.1 Å². The lowest BCUT2D eigenvalue weighted by molar-refractivity contribution is -0.0718. The molecule has 2 N–H and O–H groups in total. The minimum absolute atomic E-state index is 0.0508. The Hall–Kier alpha value is -2.51. The molecule has 0 aromatic heterocycles. The van der Waals surface area contributed by atoms with Gasteiger partial charge in [0.1, 0.15) is 29.8 Å². The van der Waals surface area contributed by atoms with Crippen LogP contribution >= 0.6 is 0 Å². The van der Waals surface area contributed by atoms with Crippen LogP contribution in [0.2, 0.25) is 0 Å². The third-order valence-corrected chi connectivity index (χ3v) is 4.39. The van der Waals surface area contributed by atoms with Gasteiger partial charge in [-0.1, -0.05) is 0 Å². The second kappa shape index (κ2) is 6.78. The van der Waals surface area contributed by atoms with Crippen LogP contribution in [0.5, 0.6) is 23.0 Å². The summed E-state index contributed by atoms with van der Waals surface area (Å²) in [6, 6.07) is 3.18. The van der Waals surface area contributed by atoms with E-state index in [1.807, 2.05) is 0 Å². The van der Waals surface area contributed by atoms with Gasteiger partial charge < -0.3 is 29.2 Å². The van der Waals surface area contributed by atoms with Crippen molar-refractivity contribution in [3.63, 3.8) is 0 Å². The first kappa shape index (κ1) is 17.3. The molecule has 25 heavy (non-hydrogen) atoms. The van der Waals surface area contributed by atoms with Gasteiger partial charge in [-0.2, -0.15) is 0 Å². The van der Waals surface area contributed by atoms with Gasteiger partial charge in [-0.05, 0) is 6.07 Å². The van der Waals surface area contributed by atoms with Crippen molar-refractivity contribution in [1.82, 2.24) is 0 Å². The number of phenolic OH excluding ortho intramolecular Hbond substituents is 2. The van der Waals surface area contributed by atoms with Gasteiger partial charge in [0.2, 0.25) is 0 Å². The zero-order valence-electron chi connectivity index (χ0n) is 14.3. The summed E-state index contributed by atoms with van der Waals surface area (Å²) < 4.78 is 20.9. The first-order valence-electron chi connectivity index (χ1n) is 7.78. The topological polar surface area (TPSA) is 94.5 Å². The lowest BCUT2D eigenvalue weighted by atomic mass is 9.84. The smallest absolute Gasteiger partial charge is 0.169 e. The van der Waals surface area contributed by atoms with Gasteiger partial charge in [0.15, 0.2) is 5.78 Å². The highest BCUT2D eigenvalue weighted by Gasteiger charge is 2.33. The predicted molar refractivity (Wildman–Crippen MR) is 89.8 cm³/mol. The Morgan fingerprint density at radius 1 is 1.08 bits per heavy atom. The number of hydrogen-bond donors (Lipinski definition) is 2. The first-order chi connectivity index (χ1) is 12.0. The van der Waals surface area contributed by atoms with Crippen molar-refractivity contribution in [3.8, 4) is 23.0 Å². The SMILES string of the molecule is COCO[C@@H]1CC(=O)c2c(c(O)c3cc(OC)cc(OC)c3c2O)C1. The van der Waals surface area contributed by atoms with Crippen LogP contribution in [-0.4, -0.2) is 50.2 Å². The number of Topliss-reactive ketones (excluding diaryl/α,β-unsaturated/α-hetero) is 1. The Labute approximate surface area is 144 Å². The van der Waals surface area contributed by atoms with Gasteiger partial charge in [-0.3, -0.25) is 4.79 Å². The molecule has 7 nitrogen and oxygen atoms in total. The van der Waals surface area contributed by atoms with E-state index in [9.17, 15) is 15.0 Å². The standard InChI is InChI=1S/C18H20O7/c1-22-8-25-10-5-11-15(13(19)6-10)18(21)16-12(17(11)20)4-9(23-2)7-14(16)24-3/h4,7,10,20-21H,5-6,8H2,1-3H3/t10-/m0/s1. The number of aromatic hydroxyl groups is 2. The molecule has 0 radical (unpaired) electrons. The van der Waals surface area contributed by atoms with Crippen molar-refractivity contribution in [2.45, 2.75) is 18.9 Å². The molecule has 7 heteroatoms. The molecule has 2 aromatic rings. The summed E-state index contributed by atoms with van der Waals surface area (Å²) in [5.74, 6) is 0.204. The molecule has 134 valence electrons. The molecule has 1 aliphatic carbocycles. The quantitative estimate of drug-likeness (QED) is 0.633. The van der Waals surface area contributed by atoms with Crippen LogP contribution in [0, 0.1) is 0 Å². The van der Waals surface area contributed by atoms with Crippen molar-refractivity contribution < 1.29 is 34.0 Å². The molecule has 0 heterocycles. The number of ketones is 1. The van der Waals surface area contributed by atoms with Crippen LogP contribution in [0.15, 0.2) is 12.1 Å². The van der Waals surface area contributed by atoms with Crippen molar-refractivity contribution >= 4 is 16.6 Å². The molecule has 0 bridgehead atoms. The first-order valence-corrected chi connectivity index (χ1v) is 7.78. The number of carbonyl (C=O) groups excluding carboxylic acids is 1. The molecule has 0 saturated carbocycles. The lowest BCUT2D eigenvalue weighted by Gasteiger charge is -2.26. The molecule has 0 fully saturated rings. The maximum absolute atomic E-state index is 12.5. The fourth-order valence-electron chi connectivity index (χ4n) is 3.24. The molecule has 0 spiro atoms. The average Bonchev–Trinajstić information content (AvgIpc) is 2.62. The van der Waals surface area contributed by atoms with Gasteiger partial charge in [0.05, 0.1) is 31.3 Å². The summed E-state index contributed by atoms with van der Waals surface area (Å²) in [5.41, 5.74) is 0.475. The molecule has 3 rings (SSSR count). The monoisotopic (exact) mass is 348 g/mol. The summed E-state index contributed by atoms with van der Waals surface area (Å²) in [7, 11) is 4.43. The summed E-state index contributed by atoms with van der Waals surface area (Å²) in [4.78, 5) is 12.5. The van der Waals surface area contributed by atoms with Crippen LogP contribution in [0.3, 0.4) is 0 Å². The summed E-state index contributed by atoms with van der Waals surface area (Å²) in [6.45, 7) is 0.0508. The number of rotatable bonds is 5. The number of carbonyl (C=O) groups is 1. The number of benzene rings is 2. The summed E-state index contributed by atoms with van der Waals surface area (Å²) >= 11 is 0. The highest BCUT2D eigenvalue weighted by Crippen LogP contribution is 2.48. The largest absolute Gasteiger partial charge is 0.507 e. The molecular formula is C18H20O7. The lowest BCUT2D eigenvalue weighted by Crippen LogP contribution is -2.28. The second-order valence-electron chi connectivity index (χ2n) is 5.83. The number of phenols is 2. The van der Waals surface area contributed by atoms with Crippen molar-refractivity contribution in [1.29, 1.82) is 0 Å². The molecule has 0 amide bonds. The number of ether oxygens (including phenoxy) is 4. The number of fused-ring (bicyclic) bond motifs is 2.